The van der Waals surface area contributed by atoms with Gasteiger partial charge in [-0.05, 0) is 30.9 Å². The lowest BCUT2D eigenvalue weighted by atomic mass is 10.0. The number of hydrogen-bond acceptors (Lipinski definition) is 3. The molecule has 1 aliphatic rings. The van der Waals surface area contributed by atoms with Gasteiger partial charge in [0.2, 0.25) is 5.91 Å². The number of nitrogens with one attached hydrogen (secondary N) is 2. The molecule has 132 valence electrons. The predicted octanol–water partition coefficient (Wildman–Crippen LogP) is 1.86. The van der Waals surface area contributed by atoms with Crippen LogP contribution in [0.3, 0.4) is 0 Å². The number of benzene rings is 1. The van der Waals surface area contributed by atoms with Crippen molar-refractivity contribution >= 4 is 11.8 Å². The van der Waals surface area contributed by atoms with Gasteiger partial charge in [0.25, 0.3) is 5.91 Å². The zero-order valence-electron chi connectivity index (χ0n) is 14.1. The van der Waals surface area contributed by atoms with Gasteiger partial charge >= 0.3 is 0 Å². The number of hydrogen-bond donors (Lipinski definition) is 3. The highest BCUT2D eigenvalue weighted by Crippen LogP contribution is 2.24. The minimum absolute atomic E-state index is 0.0593. The minimum atomic E-state index is -0.754. The predicted molar refractivity (Wildman–Crippen MR) is 88.8 cm³/mol. The van der Waals surface area contributed by atoms with E-state index < -0.39 is 17.8 Å². The quantitative estimate of drug-likeness (QED) is 0.742. The maximum absolute atomic E-state index is 13.7. The molecule has 1 fully saturated rings. The van der Waals surface area contributed by atoms with E-state index in [1.165, 1.54) is 18.2 Å². The Morgan fingerprint density at radius 3 is 2.58 bits per heavy atom. The standard InChI is InChI=1S/C18H25FN2O3/c1-11(2)16(18(24)20-10-12-6-5-9-15(12)22)21-17(23)13-7-3-4-8-14(13)19/h3-4,7-8,11-12,15-16,22H,5-6,9-10H2,1-2H3,(H,20,24)(H,21,23). The fraction of sp³-hybridized carbons (Fsp3) is 0.556. The maximum Gasteiger partial charge on any atom is 0.254 e. The summed E-state index contributed by atoms with van der Waals surface area (Å²) >= 11 is 0. The molecule has 24 heavy (non-hydrogen) atoms. The van der Waals surface area contributed by atoms with Crippen LogP contribution in [0.25, 0.3) is 0 Å². The molecule has 0 radical (unpaired) electrons. The van der Waals surface area contributed by atoms with Gasteiger partial charge in [-0.25, -0.2) is 4.39 Å². The summed E-state index contributed by atoms with van der Waals surface area (Å²) in [5.74, 6) is -1.62. The molecule has 3 N–H and O–H groups in total. The van der Waals surface area contributed by atoms with E-state index in [2.05, 4.69) is 10.6 Å². The van der Waals surface area contributed by atoms with Crippen LogP contribution in [0.1, 0.15) is 43.5 Å². The molecule has 1 saturated carbocycles. The number of aliphatic hydroxyl groups excluding tert-OH is 1. The molecule has 0 aliphatic heterocycles. The van der Waals surface area contributed by atoms with Crippen molar-refractivity contribution in [2.24, 2.45) is 11.8 Å². The first-order valence-corrected chi connectivity index (χ1v) is 8.41. The highest BCUT2D eigenvalue weighted by Gasteiger charge is 2.29. The molecule has 1 aliphatic carbocycles. The summed E-state index contributed by atoms with van der Waals surface area (Å²) in [6, 6.07) is 4.92. The highest BCUT2D eigenvalue weighted by molar-refractivity contribution is 5.97. The van der Waals surface area contributed by atoms with Gasteiger partial charge in [-0.1, -0.05) is 32.4 Å². The normalized spacial score (nSPS) is 21.5. The first-order valence-electron chi connectivity index (χ1n) is 8.41. The van der Waals surface area contributed by atoms with Gasteiger partial charge in [0.15, 0.2) is 0 Å². The summed E-state index contributed by atoms with van der Waals surface area (Å²) in [5.41, 5.74) is -0.0813. The van der Waals surface area contributed by atoms with Crippen LogP contribution in [0.2, 0.25) is 0 Å². The summed E-state index contributed by atoms with van der Waals surface area (Å²) in [5, 5.41) is 15.2. The second-order valence-electron chi connectivity index (χ2n) is 6.68. The molecule has 5 nitrogen and oxygen atoms in total. The lowest BCUT2D eigenvalue weighted by molar-refractivity contribution is -0.124. The number of carbonyl (C=O) groups excluding carboxylic acids is 2. The van der Waals surface area contributed by atoms with E-state index in [-0.39, 0.29) is 29.4 Å². The molecular weight excluding hydrogens is 311 g/mol. The summed E-state index contributed by atoms with van der Waals surface area (Å²) in [6.07, 6.45) is 2.23. The molecule has 3 unspecified atom stereocenters. The number of carbonyl (C=O) groups is 2. The average molecular weight is 336 g/mol. The highest BCUT2D eigenvalue weighted by atomic mass is 19.1. The third-order valence-corrected chi connectivity index (χ3v) is 4.51. The van der Waals surface area contributed by atoms with Crippen molar-refractivity contribution in [3.63, 3.8) is 0 Å². The van der Waals surface area contributed by atoms with E-state index in [1.807, 2.05) is 13.8 Å². The molecule has 1 aromatic carbocycles. The Kier molecular flexibility index (Phi) is 6.31. The third kappa shape index (κ3) is 4.54. The summed E-state index contributed by atoms with van der Waals surface area (Å²) in [6.45, 7) is 4.02. The van der Waals surface area contributed by atoms with Gasteiger partial charge in [-0.3, -0.25) is 9.59 Å². The van der Waals surface area contributed by atoms with Crippen LogP contribution < -0.4 is 10.6 Å². The summed E-state index contributed by atoms with van der Waals surface area (Å²) in [7, 11) is 0. The first-order chi connectivity index (χ1) is 11.4. The van der Waals surface area contributed by atoms with Crippen LogP contribution in [0, 0.1) is 17.7 Å². The molecule has 0 saturated heterocycles. The number of rotatable bonds is 6. The van der Waals surface area contributed by atoms with Gasteiger partial charge in [0.05, 0.1) is 11.7 Å². The molecular formula is C18H25FN2O3. The van der Waals surface area contributed by atoms with Crippen LogP contribution in [-0.4, -0.2) is 35.6 Å². The Labute approximate surface area is 141 Å². The fourth-order valence-electron chi connectivity index (χ4n) is 3.00. The maximum atomic E-state index is 13.7. The van der Waals surface area contributed by atoms with E-state index in [9.17, 15) is 19.1 Å². The van der Waals surface area contributed by atoms with Crippen molar-refractivity contribution in [3.8, 4) is 0 Å². The van der Waals surface area contributed by atoms with Crippen LogP contribution in [0.5, 0.6) is 0 Å². The molecule has 2 rings (SSSR count). The van der Waals surface area contributed by atoms with Crippen LogP contribution in [0.15, 0.2) is 24.3 Å². The Balaban J connectivity index is 1.97. The molecule has 2 amide bonds. The van der Waals surface area contributed by atoms with Gasteiger partial charge in [-0.15, -0.1) is 0 Å². The first kappa shape index (κ1) is 18.4. The Bertz CT molecular complexity index is 591. The average Bonchev–Trinajstić information content (AvgIpc) is 2.95. The molecule has 0 heterocycles. The van der Waals surface area contributed by atoms with E-state index in [4.69, 9.17) is 0 Å². The third-order valence-electron chi connectivity index (χ3n) is 4.51. The Morgan fingerprint density at radius 2 is 2.00 bits per heavy atom. The summed E-state index contributed by atoms with van der Waals surface area (Å²) in [4.78, 5) is 24.6. The van der Waals surface area contributed by atoms with Crippen LogP contribution in [0.4, 0.5) is 4.39 Å². The van der Waals surface area contributed by atoms with Crippen molar-refractivity contribution in [2.75, 3.05) is 6.54 Å². The molecule has 6 heteroatoms. The Morgan fingerprint density at radius 1 is 1.29 bits per heavy atom. The van der Waals surface area contributed by atoms with Gasteiger partial charge < -0.3 is 15.7 Å². The van der Waals surface area contributed by atoms with E-state index in [0.717, 1.165) is 19.3 Å². The van der Waals surface area contributed by atoms with Gasteiger partial charge in [-0.2, -0.15) is 0 Å². The molecule has 1 aromatic rings. The number of amides is 2. The number of halogens is 1. The topological polar surface area (TPSA) is 78.4 Å². The fourth-order valence-corrected chi connectivity index (χ4v) is 3.00. The van der Waals surface area contributed by atoms with Crippen molar-refractivity contribution in [1.29, 1.82) is 0 Å². The van der Waals surface area contributed by atoms with Crippen molar-refractivity contribution in [2.45, 2.75) is 45.3 Å². The zero-order chi connectivity index (χ0) is 17.7. The zero-order valence-corrected chi connectivity index (χ0v) is 14.1. The van der Waals surface area contributed by atoms with E-state index >= 15 is 0 Å². The SMILES string of the molecule is CC(C)C(NC(=O)c1ccccc1F)C(=O)NCC1CCCC1O. The minimum Gasteiger partial charge on any atom is -0.393 e. The second kappa shape index (κ2) is 8.24. The largest absolute Gasteiger partial charge is 0.393 e. The molecule has 0 aromatic heterocycles. The molecule has 0 bridgehead atoms. The second-order valence-corrected chi connectivity index (χ2v) is 6.68. The van der Waals surface area contributed by atoms with Crippen molar-refractivity contribution in [3.05, 3.63) is 35.6 Å². The lowest BCUT2D eigenvalue weighted by Gasteiger charge is -2.23. The molecule has 3 atom stereocenters. The van der Waals surface area contributed by atoms with E-state index in [0.29, 0.717) is 6.54 Å². The van der Waals surface area contributed by atoms with E-state index in [1.54, 1.807) is 6.07 Å². The van der Waals surface area contributed by atoms with Crippen LogP contribution in [-0.2, 0) is 4.79 Å². The van der Waals surface area contributed by atoms with Crippen molar-refractivity contribution in [1.82, 2.24) is 10.6 Å². The Hall–Kier alpha value is -1.95. The monoisotopic (exact) mass is 336 g/mol. The summed E-state index contributed by atoms with van der Waals surface area (Å²) < 4.78 is 13.7. The van der Waals surface area contributed by atoms with Crippen LogP contribution >= 0.6 is 0 Å². The van der Waals surface area contributed by atoms with Crippen molar-refractivity contribution < 1.29 is 19.1 Å². The molecule has 0 spiro atoms. The lowest BCUT2D eigenvalue weighted by Crippen LogP contribution is -2.51. The van der Waals surface area contributed by atoms with Gasteiger partial charge in [0, 0.05) is 12.5 Å². The van der Waals surface area contributed by atoms with Gasteiger partial charge in [0.1, 0.15) is 11.9 Å². The smallest absolute Gasteiger partial charge is 0.254 e. The number of aliphatic hydroxyl groups is 1.